The van der Waals surface area contributed by atoms with Gasteiger partial charge < -0.3 is 10.0 Å². The van der Waals surface area contributed by atoms with Gasteiger partial charge in [-0.2, -0.15) is 9.78 Å². The highest BCUT2D eigenvalue weighted by Gasteiger charge is 2.27. The van der Waals surface area contributed by atoms with Gasteiger partial charge in [-0.3, -0.25) is 4.79 Å². The summed E-state index contributed by atoms with van der Waals surface area (Å²) in [5.41, 5.74) is 0.465. The van der Waals surface area contributed by atoms with Crippen molar-refractivity contribution in [2.45, 2.75) is 19.4 Å². The van der Waals surface area contributed by atoms with Crippen LogP contribution in [-0.4, -0.2) is 34.1 Å². The average Bonchev–Trinajstić information content (AvgIpc) is 2.54. The number of β-amino-alcohol motifs (C(OH)–C–C–N with tert-alkyl or cyclic N) is 1. The fraction of sp³-hybridized carbons (Fsp3) is 0.375. The molecule has 1 aromatic carbocycles. The van der Waals surface area contributed by atoms with Gasteiger partial charge in [0.25, 0.3) is 5.56 Å². The predicted octanol–water partition coefficient (Wildman–Crippen LogP) is 3.40. The number of aliphatic hydroxyl groups excluding tert-OH is 1. The summed E-state index contributed by atoms with van der Waals surface area (Å²) in [7, 11) is 0. The third kappa shape index (κ3) is 3.26. The second-order valence-electron chi connectivity index (χ2n) is 5.94. The quantitative estimate of drug-likeness (QED) is 0.856. The first-order chi connectivity index (χ1) is 11.4. The molecule has 0 amide bonds. The number of nitrogens with zero attached hydrogens (tertiary/aromatic N) is 3. The van der Waals surface area contributed by atoms with Crippen LogP contribution in [0, 0.1) is 5.92 Å². The number of aromatic nitrogens is 2. The van der Waals surface area contributed by atoms with E-state index in [1.807, 2.05) is 11.8 Å². The molecule has 2 unspecified atom stereocenters. The van der Waals surface area contributed by atoms with E-state index < -0.39 is 11.7 Å². The highest BCUT2D eigenvalue weighted by molar-refractivity contribution is 6.36. The maximum absolute atomic E-state index is 12.6. The molecule has 0 spiro atoms. The summed E-state index contributed by atoms with van der Waals surface area (Å²) in [6, 6.07) is 4.78. The predicted molar refractivity (Wildman–Crippen MR) is 96.9 cm³/mol. The molecule has 1 saturated heterocycles. The highest BCUT2D eigenvalue weighted by Crippen LogP contribution is 2.28. The number of aliphatic hydroxyl groups is 1. The Hall–Kier alpha value is -1.27. The van der Waals surface area contributed by atoms with Crippen LogP contribution >= 0.6 is 34.8 Å². The van der Waals surface area contributed by atoms with Crippen molar-refractivity contribution in [3.05, 3.63) is 49.8 Å². The van der Waals surface area contributed by atoms with E-state index in [-0.39, 0.29) is 10.9 Å². The molecule has 3 rings (SSSR count). The van der Waals surface area contributed by atoms with E-state index in [0.29, 0.717) is 34.5 Å². The SMILES string of the molecule is CC1CCN(c2cnn(-c3ccc(Cl)cc3Cl)c(=O)c2Cl)CC1O. The van der Waals surface area contributed by atoms with Crippen LogP contribution in [0.2, 0.25) is 15.1 Å². The molecule has 5 nitrogen and oxygen atoms in total. The Morgan fingerprint density at radius 1 is 1.25 bits per heavy atom. The topological polar surface area (TPSA) is 58.4 Å². The summed E-state index contributed by atoms with van der Waals surface area (Å²) >= 11 is 18.3. The van der Waals surface area contributed by atoms with Crippen LogP contribution in [-0.2, 0) is 0 Å². The Bertz CT molecular complexity index is 825. The standard InChI is InChI=1S/C16H16Cl3N3O2/c1-9-4-5-21(8-14(9)23)13-7-20-22(16(24)15(13)19)12-3-2-10(17)6-11(12)18/h2-3,6-7,9,14,23H,4-5,8H2,1H3. The number of rotatable bonds is 2. The number of piperidine rings is 1. The Balaban J connectivity index is 1.99. The molecule has 0 saturated carbocycles. The molecular weight excluding hydrogens is 373 g/mol. The van der Waals surface area contributed by atoms with E-state index in [0.717, 1.165) is 11.1 Å². The first-order valence-electron chi connectivity index (χ1n) is 7.54. The molecule has 2 atom stereocenters. The van der Waals surface area contributed by atoms with Crippen molar-refractivity contribution in [3.63, 3.8) is 0 Å². The van der Waals surface area contributed by atoms with E-state index in [2.05, 4.69) is 5.10 Å². The van der Waals surface area contributed by atoms with E-state index in [1.54, 1.807) is 12.1 Å². The van der Waals surface area contributed by atoms with Crippen LogP contribution in [0.3, 0.4) is 0 Å². The zero-order valence-corrected chi connectivity index (χ0v) is 15.2. The summed E-state index contributed by atoms with van der Waals surface area (Å²) in [6.07, 6.45) is 1.89. The van der Waals surface area contributed by atoms with Crippen molar-refractivity contribution in [1.82, 2.24) is 9.78 Å². The smallest absolute Gasteiger partial charge is 0.292 e. The van der Waals surface area contributed by atoms with Crippen LogP contribution in [0.5, 0.6) is 0 Å². The lowest BCUT2D eigenvalue weighted by molar-refractivity contribution is 0.103. The minimum Gasteiger partial charge on any atom is -0.391 e. The molecule has 0 bridgehead atoms. The van der Waals surface area contributed by atoms with Gasteiger partial charge in [-0.1, -0.05) is 41.7 Å². The molecule has 1 fully saturated rings. The monoisotopic (exact) mass is 387 g/mol. The summed E-state index contributed by atoms with van der Waals surface area (Å²) in [5, 5.41) is 15.1. The molecule has 1 aliphatic heterocycles. The molecule has 24 heavy (non-hydrogen) atoms. The summed E-state index contributed by atoms with van der Waals surface area (Å²) < 4.78 is 1.15. The maximum atomic E-state index is 12.6. The lowest BCUT2D eigenvalue weighted by Gasteiger charge is -2.35. The molecule has 8 heteroatoms. The van der Waals surface area contributed by atoms with Gasteiger partial charge in [0.15, 0.2) is 0 Å². The third-order valence-electron chi connectivity index (χ3n) is 4.30. The fourth-order valence-electron chi connectivity index (χ4n) is 2.74. The first-order valence-corrected chi connectivity index (χ1v) is 8.68. The maximum Gasteiger partial charge on any atom is 0.292 e. The molecule has 1 aliphatic rings. The van der Waals surface area contributed by atoms with E-state index in [1.165, 1.54) is 12.3 Å². The molecule has 0 aliphatic carbocycles. The Morgan fingerprint density at radius 2 is 2.00 bits per heavy atom. The number of hydrogen-bond donors (Lipinski definition) is 1. The highest BCUT2D eigenvalue weighted by atomic mass is 35.5. The number of hydrogen-bond acceptors (Lipinski definition) is 4. The zero-order valence-electron chi connectivity index (χ0n) is 12.9. The van der Waals surface area contributed by atoms with Crippen LogP contribution in [0.15, 0.2) is 29.2 Å². The van der Waals surface area contributed by atoms with Gasteiger partial charge in [0.1, 0.15) is 5.02 Å². The number of benzene rings is 1. The van der Waals surface area contributed by atoms with Crippen molar-refractivity contribution < 1.29 is 5.11 Å². The molecule has 128 valence electrons. The van der Waals surface area contributed by atoms with Gasteiger partial charge in [0, 0.05) is 18.1 Å². The Kier molecular flexibility index (Phi) is 5.06. The van der Waals surface area contributed by atoms with Gasteiger partial charge in [-0.25, -0.2) is 0 Å². The zero-order chi connectivity index (χ0) is 17.4. The second kappa shape index (κ2) is 6.92. The van der Waals surface area contributed by atoms with Gasteiger partial charge in [0.2, 0.25) is 0 Å². The van der Waals surface area contributed by atoms with Crippen LogP contribution in [0.25, 0.3) is 5.69 Å². The summed E-state index contributed by atoms with van der Waals surface area (Å²) in [6.45, 7) is 3.14. The lowest BCUT2D eigenvalue weighted by Crippen LogP contribution is -2.43. The van der Waals surface area contributed by atoms with E-state index >= 15 is 0 Å². The molecule has 0 radical (unpaired) electrons. The molecular formula is C16H16Cl3N3O2. The number of anilines is 1. The van der Waals surface area contributed by atoms with Crippen LogP contribution in [0.1, 0.15) is 13.3 Å². The van der Waals surface area contributed by atoms with E-state index in [4.69, 9.17) is 34.8 Å². The fourth-order valence-corrected chi connectivity index (χ4v) is 3.47. The first kappa shape index (κ1) is 17.5. The van der Waals surface area contributed by atoms with Gasteiger partial charge in [-0.15, -0.1) is 0 Å². The van der Waals surface area contributed by atoms with E-state index in [9.17, 15) is 9.90 Å². The van der Waals surface area contributed by atoms with Crippen molar-refractivity contribution in [1.29, 1.82) is 0 Å². The largest absolute Gasteiger partial charge is 0.391 e. The third-order valence-corrected chi connectivity index (χ3v) is 5.19. The lowest BCUT2D eigenvalue weighted by atomic mass is 9.96. The van der Waals surface area contributed by atoms with Crippen molar-refractivity contribution in [2.75, 3.05) is 18.0 Å². The van der Waals surface area contributed by atoms with Gasteiger partial charge in [-0.05, 0) is 30.5 Å². The number of halogens is 3. The normalized spacial score (nSPS) is 21.1. The van der Waals surface area contributed by atoms with Gasteiger partial charge in [0.05, 0.1) is 28.7 Å². The Morgan fingerprint density at radius 3 is 2.67 bits per heavy atom. The van der Waals surface area contributed by atoms with Crippen molar-refractivity contribution in [2.24, 2.45) is 5.92 Å². The Labute approximate surface area is 154 Å². The summed E-state index contributed by atoms with van der Waals surface area (Å²) in [5.74, 6) is 0.223. The van der Waals surface area contributed by atoms with Crippen LogP contribution in [0.4, 0.5) is 5.69 Å². The minimum absolute atomic E-state index is 0.0535. The van der Waals surface area contributed by atoms with Crippen molar-refractivity contribution in [3.8, 4) is 5.69 Å². The second-order valence-corrected chi connectivity index (χ2v) is 7.16. The minimum atomic E-state index is -0.466. The average molecular weight is 389 g/mol. The molecule has 1 aromatic heterocycles. The van der Waals surface area contributed by atoms with Gasteiger partial charge >= 0.3 is 0 Å². The van der Waals surface area contributed by atoms with Crippen LogP contribution < -0.4 is 10.5 Å². The van der Waals surface area contributed by atoms with Crippen molar-refractivity contribution >= 4 is 40.5 Å². The molecule has 2 heterocycles. The molecule has 2 aromatic rings. The summed E-state index contributed by atoms with van der Waals surface area (Å²) in [4.78, 5) is 14.5. The molecule has 1 N–H and O–H groups in total.